The molecule has 530 valence electrons. The molecule has 0 unspecified atom stereocenters. The standard InChI is InChI=1S/C44H68N2.2C22H45.Ni/c1-6-11-16-17-18-23-28-40-35-43(41-31-36(24-19-12-7-2)29-37(32-41)25-20-13-8-3)46(45)44(40)42-33-38(26-21-14-9-4)30-39(34-42)27-22-15-10-5;2*1-3-5-7-9-11-13-15-17-19-21-22-20-18-16-14-12-10-8-6-4-2;/h29-35H,6-28H2,1-5H3;2*1,3-22H2,2H3;/q;2*-1;+2. The normalized spacial score (nSPS) is 12.1. The maximum absolute atomic E-state index is 12.1. The minimum Gasteiger partial charge on any atom is -0.493 e. The first-order chi connectivity index (χ1) is 44.4. The van der Waals surface area contributed by atoms with Gasteiger partial charge in [-0.3, -0.25) is 0 Å². The SMILES string of the molecule is CCCCCCCCC1=C(c2cc(CCCCC)cc(CCCCC)c2)[N+](=[N-])C(c2cc(CCCCC)cc(CCCCC)c2)=C1.[CH2-]CCCCCCCCCCCCCCCCCCCCC.[CH2-]CCCCCCCCCCCCCCCCCCCCC.[Ni+2]. The number of hydrogen-bond donors (Lipinski definition) is 0. The number of nitrogens with zero attached hydrogens (tertiary/aromatic N) is 2. The van der Waals surface area contributed by atoms with Gasteiger partial charge in [-0.2, -0.15) is 12.8 Å². The van der Waals surface area contributed by atoms with Gasteiger partial charge in [-0.1, -0.05) is 388 Å². The maximum Gasteiger partial charge on any atom is 2.00 e. The molecule has 2 aromatic carbocycles. The van der Waals surface area contributed by atoms with Crippen LogP contribution in [0.5, 0.6) is 0 Å². The van der Waals surface area contributed by atoms with Crippen LogP contribution in [0.2, 0.25) is 0 Å². The third-order valence-electron chi connectivity index (χ3n) is 19.5. The zero-order valence-electron chi connectivity index (χ0n) is 62.7. The molecule has 0 saturated carbocycles. The smallest absolute Gasteiger partial charge is 0.493 e. The second kappa shape index (κ2) is 69.4. The van der Waals surface area contributed by atoms with E-state index < -0.39 is 0 Å². The van der Waals surface area contributed by atoms with Gasteiger partial charge in [0.15, 0.2) is 0 Å². The number of hydrogen-bond acceptors (Lipinski definition) is 0. The quantitative estimate of drug-likeness (QED) is 0.0273. The first-order valence-corrected chi connectivity index (χ1v) is 41.2. The Labute approximate surface area is 582 Å². The van der Waals surface area contributed by atoms with E-state index in [9.17, 15) is 5.53 Å². The predicted octanol–water partition coefficient (Wildman–Crippen LogP) is 31.5. The summed E-state index contributed by atoms with van der Waals surface area (Å²) in [7, 11) is 0. The van der Waals surface area contributed by atoms with Crippen LogP contribution >= 0.6 is 0 Å². The molecule has 2 aromatic rings. The van der Waals surface area contributed by atoms with Crippen LogP contribution in [0.1, 0.15) is 461 Å². The Morgan fingerprint density at radius 3 is 0.692 bits per heavy atom. The molecule has 1 heterocycles. The molecule has 0 amide bonds. The third-order valence-corrected chi connectivity index (χ3v) is 19.5. The third kappa shape index (κ3) is 51.9. The molecule has 3 rings (SSSR count). The van der Waals surface area contributed by atoms with Gasteiger partial charge in [0, 0.05) is 22.8 Å². The average Bonchev–Trinajstić information content (AvgIpc) is 3.25. The van der Waals surface area contributed by atoms with Gasteiger partial charge < -0.3 is 19.4 Å². The zero-order chi connectivity index (χ0) is 65.3. The summed E-state index contributed by atoms with van der Waals surface area (Å²) in [5.74, 6) is 0. The van der Waals surface area contributed by atoms with E-state index in [1.165, 1.54) is 399 Å². The average molecular weight is 1300 g/mol. The molecule has 0 aliphatic carbocycles. The summed E-state index contributed by atoms with van der Waals surface area (Å²) in [6.45, 7) is 23.8. The van der Waals surface area contributed by atoms with Crippen molar-refractivity contribution in [3.8, 4) is 0 Å². The van der Waals surface area contributed by atoms with E-state index in [4.69, 9.17) is 0 Å². The van der Waals surface area contributed by atoms with Crippen molar-refractivity contribution >= 4 is 11.4 Å². The first-order valence-electron chi connectivity index (χ1n) is 41.2. The van der Waals surface area contributed by atoms with Gasteiger partial charge in [-0.15, -0.1) is 0 Å². The Bertz CT molecular complexity index is 1780. The summed E-state index contributed by atoms with van der Waals surface area (Å²) in [4.78, 5) is 0. The molecule has 3 heteroatoms. The van der Waals surface area contributed by atoms with Gasteiger partial charge in [0.1, 0.15) is 0 Å². The van der Waals surface area contributed by atoms with Crippen molar-refractivity contribution in [3.63, 3.8) is 0 Å². The molecular formula is C88H158N2Ni. The van der Waals surface area contributed by atoms with Crippen molar-refractivity contribution in [1.82, 2.24) is 0 Å². The van der Waals surface area contributed by atoms with Crippen LogP contribution in [-0.4, -0.2) is 4.70 Å². The Kier molecular flexibility index (Phi) is 67.9. The Hall–Kier alpha value is -1.99. The van der Waals surface area contributed by atoms with Crippen molar-refractivity contribution in [2.75, 3.05) is 0 Å². The summed E-state index contributed by atoms with van der Waals surface area (Å²) >= 11 is 0. The van der Waals surface area contributed by atoms with Crippen LogP contribution in [0, 0.1) is 13.8 Å². The topological polar surface area (TPSA) is 25.3 Å². The molecule has 0 radical (unpaired) electrons. The molecule has 2 nitrogen and oxygen atoms in total. The van der Waals surface area contributed by atoms with Crippen molar-refractivity contribution in [3.05, 3.63) is 101 Å². The van der Waals surface area contributed by atoms with E-state index in [-0.39, 0.29) is 16.5 Å². The molecule has 0 fully saturated rings. The summed E-state index contributed by atoms with van der Waals surface area (Å²) in [5, 5.41) is 0. The Morgan fingerprint density at radius 2 is 0.451 bits per heavy atom. The molecule has 0 aromatic heterocycles. The van der Waals surface area contributed by atoms with Crippen LogP contribution in [0.3, 0.4) is 0 Å². The second-order valence-corrected chi connectivity index (χ2v) is 28.6. The molecule has 0 N–H and O–H groups in total. The predicted molar refractivity (Wildman–Crippen MR) is 409 cm³/mol. The summed E-state index contributed by atoms with van der Waals surface area (Å²) in [5.41, 5.74) is 23.5. The molecule has 1 aliphatic heterocycles. The molecule has 0 saturated heterocycles. The fraction of sp³-hybridized carbons (Fsp3) is 0.795. The van der Waals surface area contributed by atoms with E-state index in [0.29, 0.717) is 0 Å². The molecule has 0 bridgehead atoms. The van der Waals surface area contributed by atoms with Crippen LogP contribution in [0.25, 0.3) is 16.9 Å². The van der Waals surface area contributed by atoms with Crippen LogP contribution in [0.15, 0.2) is 48.0 Å². The number of benzene rings is 2. The van der Waals surface area contributed by atoms with Gasteiger partial charge in [0.2, 0.25) is 11.4 Å². The maximum atomic E-state index is 12.1. The van der Waals surface area contributed by atoms with Crippen molar-refractivity contribution in [1.29, 1.82) is 0 Å². The molecular weight excluding hydrogens is 1140 g/mol. The number of allylic oxidation sites excluding steroid dienone is 2. The Balaban J connectivity index is 0.00000151. The van der Waals surface area contributed by atoms with Crippen LogP contribution in [0.4, 0.5) is 0 Å². The van der Waals surface area contributed by atoms with Gasteiger partial charge in [0.25, 0.3) is 0 Å². The number of unbranched alkanes of at least 4 members (excludes halogenated alkanes) is 51. The zero-order valence-corrected chi connectivity index (χ0v) is 63.7. The molecule has 0 atom stereocenters. The van der Waals surface area contributed by atoms with Crippen molar-refractivity contribution in [2.45, 2.75) is 453 Å². The Morgan fingerprint density at radius 1 is 0.253 bits per heavy atom. The van der Waals surface area contributed by atoms with Gasteiger partial charge in [0.05, 0.1) is 0 Å². The summed E-state index contributed by atoms with van der Waals surface area (Å²) < 4.78 is 1.58. The monoisotopic (exact) mass is 1300 g/mol. The van der Waals surface area contributed by atoms with Crippen molar-refractivity contribution < 1.29 is 21.2 Å². The van der Waals surface area contributed by atoms with Crippen molar-refractivity contribution in [2.24, 2.45) is 0 Å². The minimum atomic E-state index is 0. The second-order valence-electron chi connectivity index (χ2n) is 28.6. The van der Waals surface area contributed by atoms with Gasteiger partial charge in [-0.25, -0.2) is 4.70 Å². The molecule has 1 aliphatic rings. The largest absolute Gasteiger partial charge is 2.00 e. The molecule has 0 spiro atoms. The summed E-state index contributed by atoms with van der Waals surface area (Å²) in [6, 6.07) is 14.4. The van der Waals surface area contributed by atoms with E-state index in [0.717, 1.165) is 56.3 Å². The van der Waals surface area contributed by atoms with Crippen LogP contribution in [-0.2, 0) is 42.2 Å². The fourth-order valence-electron chi connectivity index (χ4n) is 13.6. The van der Waals surface area contributed by atoms with E-state index in [2.05, 4.69) is 105 Å². The van der Waals surface area contributed by atoms with E-state index in [1.54, 1.807) is 4.70 Å². The van der Waals surface area contributed by atoms with Gasteiger partial charge in [-0.05, 0) is 111 Å². The van der Waals surface area contributed by atoms with Crippen LogP contribution < -0.4 is 0 Å². The van der Waals surface area contributed by atoms with Gasteiger partial charge >= 0.3 is 16.5 Å². The number of rotatable bonds is 63. The molecule has 91 heavy (non-hydrogen) atoms. The summed E-state index contributed by atoms with van der Waals surface area (Å²) in [6.07, 6.45) is 88.1. The number of aryl methyl sites for hydroxylation is 4. The minimum absolute atomic E-state index is 0. The fourth-order valence-corrected chi connectivity index (χ4v) is 13.6. The van der Waals surface area contributed by atoms with E-state index >= 15 is 0 Å². The van der Waals surface area contributed by atoms with E-state index in [1.807, 2.05) is 0 Å². The first kappa shape index (κ1) is 89.0.